The molecule has 1 atom stereocenters. The molecule has 0 aliphatic rings. The van der Waals surface area contributed by atoms with Gasteiger partial charge in [0, 0.05) is 6.54 Å². The van der Waals surface area contributed by atoms with E-state index in [2.05, 4.69) is 5.32 Å². The number of benzene rings is 1. The van der Waals surface area contributed by atoms with E-state index in [4.69, 9.17) is 5.73 Å². The van der Waals surface area contributed by atoms with E-state index in [1.54, 1.807) is 0 Å². The number of primary amides is 1. The molecule has 0 fully saturated rings. The van der Waals surface area contributed by atoms with Crippen molar-refractivity contribution >= 4 is 5.91 Å². The molecule has 1 amide bonds. The molecule has 15 heavy (non-hydrogen) atoms. The smallest absolute Gasteiger partial charge is 0.234 e. The van der Waals surface area contributed by atoms with Gasteiger partial charge in [0.25, 0.3) is 0 Å². The second kappa shape index (κ2) is 5.51. The van der Waals surface area contributed by atoms with Crippen molar-refractivity contribution in [1.29, 1.82) is 0 Å². The van der Waals surface area contributed by atoms with Gasteiger partial charge in [-0.15, -0.1) is 0 Å². The van der Waals surface area contributed by atoms with E-state index >= 15 is 0 Å². The molecule has 1 aromatic rings. The topological polar surface area (TPSA) is 55.1 Å². The van der Waals surface area contributed by atoms with Crippen molar-refractivity contribution in [1.82, 2.24) is 5.32 Å². The predicted molar refractivity (Wildman–Crippen MR) is 61.1 cm³/mol. The first-order chi connectivity index (χ1) is 7.11. The summed E-state index contributed by atoms with van der Waals surface area (Å²) in [4.78, 5) is 11.1. The van der Waals surface area contributed by atoms with Gasteiger partial charge in [0.05, 0.1) is 6.04 Å². The maximum absolute atomic E-state index is 11.1. The van der Waals surface area contributed by atoms with Crippen molar-refractivity contribution < 1.29 is 4.79 Å². The zero-order chi connectivity index (χ0) is 11.3. The fraction of sp³-hybridized carbons (Fsp3) is 0.417. The summed E-state index contributed by atoms with van der Waals surface area (Å²) in [5, 5.41) is 3.16. The van der Waals surface area contributed by atoms with Crippen LogP contribution >= 0.6 is 0 Å². The molecule has 3 heteroatoms. The van der Waals surface area contributed by atoms with E-state index in [0.29, 0.717) is 6.54 Å². The highest BCUT2D eigenvalue weighted by atomic mass is 16.1. The van der Waals surface area contributed by atoms with Gasteiger partial charge in [0.1, 0.15) is 0 Å². The zero-order valence-electron chi connectivity index (χ0n) is 9.23. The van der Waals surface area contributed by atoms with Gasteiger partial charge in [0.2, 0.25) is 5.91 Å². The summed E-state index contributed by atoms with van der Waals surface area (Å²) in [5.74, 6) is -0.0767. The largest absolute Gasteiger partial charge is 0.368 e. The summed E-state index contributed by atoms with van der Waals surface area (Å²) in [6.45, 7) is 4.63. The van der Waals surface area contributed by atoms with Crippen LogP contribution in [0.3, 0.4) is 0 Å². The quantitative estimate of drug-likeness (QED) is 0.762. The Balaban J connectivity index is 2.51. The third-order valence-corrected chi connectivity index (χ3v) is 2.34. The first kappa shape index (κ1) is 11.7. The van der Waals surface area contributed by atoms with Crippen LogP contribution in [0.4, 0.5) is 0 Å². The minimum Gasteiger partial charge on any atom is -0.368 e. The molecule has 0 aliphatic carbocycles. The van der Waals surface area contributed by atoms with Crippen molar-refractivity contribution in [3.8, 4) is 0 Å². The van der Waals surface area contributed by atoms with Crippen molar-refractivity contribution in [3.63, 3.8) is 0 Å². The summed E-state index contributed by atoms with van der Waals surface area (Å²) in [6, 6.07) is 9.70. The third kappa shape index (κ3) is 3.72. The molecule has 82 valence electrons. The first-order valence-corrected chi connectivity index (χ1v) is 5.18. The average Bonchev–Trinajstić information content (AvgIpc) is 2.18. The Kier molecular flexibility index (Phi) is 4.31. The molecular formula is C12H18N2O. The maximum atomic E-state index is 11.1. The van der Waals surface area contributed by atoms with Crippen LogP contribution in [0, 0.1) is 5.92 Å². The predicted octanol–water partition coefficient (Wildman–Crippen LogP) is 1.29. The summed E-state index contributed by atoms with van der Waals surface area (Å²) >= 11 is 0. The Morgan fingerprint density at radius 3 is 2.40 bits per heavy atom. The summed E-state index contributed by atoms with van der Waals surface area (Å²) in [6.07, 6.45) is 0. The second-order valence-electron chi connectivity index (χ2n) is 3.99. The SMILES string of the molecule is CC(C)C(NCc1ccccc1)C(N)=O. The highest BCUT2D eigenvalue weighted by molar-refractivity contribution is 5.80. The fourth-order valence-electron chi connectivity index (χ4n) is 1.49. The summed E-state index contributed by atoms with van der Waals surface area (Å²) in [7, 11) is 0. The van der Waals surface area contributed by atoms with E-state index in [1.165, 1.54) is 0 Å². The summed E-state index contributed by atoms with van der Waals surface area (Å²) in [5.41, 5.74) is 6.46. The second-order valence-corrected chi connectivity index (χ2v) is 3.99. The van der Waals surface area contributed by atoms with Crippen LogP contribution in [-0.2, 0) is 11.3 Å². The lowest BCUT2D eigenvalue weighted by atomic mass is 10.0. The van der Waals surface area contributed by atoms with Gasteiger partial charge in [-0.1, -0.05) is 44.2 Å². The van der Waals surface area contributed by atoms with Crippen molar-refractivity contribution in [3.05, 3.63) is 35.9 Å². The van der Waals surface area contributed by atoms with Gasteiger partial charge in [-0.25, -0.2) is 0 Å². The molecular weight excluding hydrogens is 188 g/mol. The van der Waals surface area contributed by atoms with Gasteiger partial charge < -0.3 is 11.1 Å². The van der Waals surface area contributed by atoms with E-state index in [0.717, 1.165) is 5.56 Å². The molecule has 0 saturated heterocycles. The molecule has 3 N–H and O–H groups in total. The van der Waals surface area contributed by atoms with Gasteiger partial charge in [0.15, 0.2) is 0 Å². The fourth-order valence-corrected chi connectivity index (χ4v) is 1.49. The molecule has 0 bridgehead atoms. The van der Waals surface area contributed by atoms with Crippen LogP contribution < -0.4 is 11.1 Å². The third-order valence-electron chi connectivity index (χ3n) is 2.34. The van der Waals surface area contributed by atoms with E-state index in [9.17, 15) is 4.79 Å². The lowest BCUT2D eigenvalue weighted by Crippen LogP contribution is -2.44. The molecule has 0 spiro atoms. The Labute approximate surface area is 90.7 Å². The van der Waals surface area contributed by atoms with E-state index in [-0.39, 0.29) is 17.9 Å². The molecule has 0 aliphatic heterocycles. The number of carbonyl (C=O) groups excluding carboxylic acids is 1. The van der Waals surface area contributed by atoms with Crippen molar-refractivity contribution in [2.24, 2.45) is 11.7 Å². The Morgan fingerprint density at radius 1 is 1.33 bits per heavy atom. The molecule has 1 rings (SSSR count). The van der Waals surface area contributed by atoms with E-state index in [1.807, 2.05) is 44.2 Å². The van der Waals surface area contributed by atoms with Crippen LogP contribution in [0.25, 0.3) is 0 Å². The van der Waals surface area contributed by atoms with Gasteiger partial charge in [-0.05, 0) is 11.5 Å². The molecule has 0 aromatic heterocycles. The van der Waals surface area contributed by atoms with Crippen LogP contribution in [0.15, 0.2) is 30.3 Å². The van der Waals surface area contributed by atoms with Gasteiger partial charge >= 0.3 is 0 Å². The maximum Gasteiger partial charge on any atom is 0.234 e. The van der Waals surface area contributed by atoms with Crippen molar-refractivity contribution in [2.45, 2.75) is 26.4 Å². The average molecular weight is 206 g/mol. The van der Waals surface area contributed by atoms with Crippen LogP contribution in [0.1, 0.15) is 19.4 Å². The normalized spacial score (nSPS) is 12.7. The summed E-state index contributed by atoms with van der Waals surface area (Å²) < 4.78 is 0. The van der Waals surface area contributed by atoms with Gasteiger partial charge in [-0.2, -0.15) is 0 Å². The Morgan fingerprint density at radius 2 is 1.93 bits per heavy atom. The minimum atomic E-state index is -0.291. The number of carbonyl (C=O) groups is 1. The molecule has 1 aromatic carbocycles. The molecule has 0 radical (unpaired) electrons. The number of hydrogen-bond donors (Lipinski definition) is 2. The van der Waals surface area contributed by atoms with Gasteiger partial charge in [-0.3, -0.25) is 4.79 Å². The number of amides is 1. The highest BCUT2D eigenvalue weighted by Crippen LogP contribution is 2.03. The number of nitrogens with one attached hydrogen (secondary N) is 1. The Bertz CT molecular complexity index is 309. The monoisotopic (exact) mass is 206 g/mol. The lowest BCUT2D eigenvalue weighted by Gasteiger charge is -2.18. The Hall–Kier alpha value is -1.35. The zero-order valence-corrected chi connectivity index (χ0v) is 9.23. The number of rotatable bonds is 5. The van der Waals surface area contributed by atoms with Crippen LogP contribution in [-0.4, -0.2) is 11.9 Å². The van der Waals surface area contributed by atoms with E-state index < -0.39 is 0 Å². The molecule has 0 saturated carbocycles. The number of nitrogens with two attached hydrogens (primary N) is 1. The molecule has 1 unspecified atom stereocenters. The van der Waals surface area contributed by atoms with Crippen LogP contribution in [0.2, 0.25) is 0 Å². The minimum absolute atomic E-state index is 0.214. The molecule has 3 nitrogen and oxygen atoms in total. The lowest BCUT2D eigenvalue weighted by molar-refractivity contribution is -0.121. The molecule has 0 heterocycles. The first-order valence-electron chi connectivity index (χ1n) is 5.18. The highest BCUT2D eigenvalue weighted by Gasteiger charge is 2.18. The standard InChI is InChI=1S/C12H18N2O/c1-9(2)11(12(13)15)14-8-10-6-4-3-5-7-10/h3-7,9,11,14H,8H2,1-2H3,(H2,13,15). The van der Waals surface area contributed by atoms with Crippen LogP contribution in [0.5, 0.6) is 0 Å². The number of hydrogen-bond acceptors (Lipinski definition) is 2. The van der Waals surface area contributed by atoms with Crippen molar-refractivity contribution in [2.75, 3.05) is 0 Å².